The van der Waals surface area contributed by atoms with Gasteiger partial charge in [-0.15, -0.1) is 0 Å². The summed E-state index contributed by atoms with van der Waals surface area (Å²) in [6.45, 7) is 0. The second-order valence-electron chi connectivity index (χ2n) is 6.66. The molecule has 1 heterocycles. The second kappa shape index (κ2) is 5.71. The maximum Gasteiger partial charge on any atom is 0.171 e. The van der Waals surface area contributed by atoms with E-state index in [2.05, 4.69) is 77.4 Å². The van der Waals surface area contributed by atoms with Gasteiger partial charge in [0.25, 0.3) is 0 Å². The van der Waals surface area contributed by atoms with Gasteiger partial charge in [0.2, 0.25) is 0 Å². The number of thiocarbonyl (C=S) groups is 1. The standard InChI is InChI=1S/C22H18N2S/c25-22-23-20-17-10-4-2-7-15(17)12-13-19(20)21(24-22)18-11-5-8-14-6-1-3-9-16(14)18/h1-11,21H,12-13H2,(H2,23,24,25). The molecule has 1 unspecified atom stereocenters. The zero-order valence-corrected chi connectivity index (χ0v) is 14.6. The van der Waals surface area contributed by atoms with Gasteiger partial charge in [-0.25, -0.2) is 0 Å². The third kappa shape index (κ3) is 2.35. The van der Waals surface area contributed by atoms with Gasteiger partial charge in [0.05, 0.1) is 6.04 Å². The van der Waals surface area contributed by atoms with Crippen molar-refractivity contribution < 1.29 is 0 Å². The van der Waals surface area contributed by atoms with Gasteiger partial charge in [-0.05, 0) is 52.5 Å². The molecule has 0 fully saturated rings. The molecule has 3 aromatic carbocycles. The lowest BCUT2D eigenvalue weighted by molar-refractivity contribution is 0.671. The summed E-state index contributed by atoms with van der Waals surface area (Å²) >= 11 is 5.55. The van der Waals surface area contributed by atoms with Gasteiger partial charge >= 0.3 is 0 Å². The fourth-order valence-electron chi connectivity index (χ4n) is 4.12. The number of fused-ring (bicyclic) bond motifs is 3. The highest BCUT2D eigenvalue weighted by molar-refractivity contribution is 7.80. The van der Waals surface area contributed by atoms with Gasteiger partial charge < -0.3 is 10.6 Å². The van der Waals surface area contributed by atoms with Crippen LogP contribution in [-0.2, 0) is 6.42 Å². The van der Waals surface area contributed by atoms with E-state index in [0.717, 1.165) is 12.8 Å². The monoisotopic (exact) mass is 342 g/mol. The predicted molar refractivity (Wildman–Crippen MR) is 107 cm³/mol. The van der Waals surface area contributed by atoms with Crippen molar-refractivity contribution >= 4 is 33.8 Å². The lowest BCUT2D eigenvalue weighted by atomic mass is 9.82. The molecule has 0 spiro atoms. The van der Waals surface area contributed by atoms with Crippen LogP contribution in [0.5, 0.6) is 0 Å². The summed E-state index contributed by atoms with van der Waals surface area (Å²) in [5, 5.41) is 10.2. The van der Waals surface area contributed by atoms with E-state index in [1.165, 1.54) is 38.7 Å². The summed E-state index contributed by atoms with van der Waals surface area (Å²) in [7, 11) is 0. The molecule has 1 aliphatic carbocycles. The largest absolute Gasteiger partial charge is 0.352 e. The Morgan fingerprint density at radius 2 is 1.64 bits per heavy atom. The van der Waals surface area contributed by atoms with E-state index in [-0.39, 0.29) is 6.04 Å². The van der Waals surface area contributed by atoms with Crippen molar-refractivity contribution in [2.45, 2.75) is 18.9 Å². The topological polar surface area (TPSA) is 24.1 Å². The fraction of sp³-hybridized carbons (Fsp3) is 0.136. The van der Waals surface area contributed by atoms with E-state index >= 15 is 0 Å². The lowest BCUT2D eigenvalue weighted by Crippen LogP contribution is -2.44. The van der Waals surface area contributed by atoms with E-state index in [0.29, 0.717) is 5.11 Å². The summed E-state index contributed by atoms with van der Waals surface area (Å²) in [5.41, 5.74) is 6.59. The highest BCUT2D eigenvalue weighted by Gasteiger charge is 2.31. The molecule has 2 N–H and O–H groups in total. The summed E-state index contributed by atoms with van der Waals surface area (Å²) in [4.78, 5) is 0. The number of benzene rings is 3. The van der Waals surface area contributed by atoms with Crippen LogP contribution in [0.25, 0.3) is 16.5 Å². The van der Waals surface area contributed by atoms with E-state index in [4.69, 9.17) is 12.2 Å². The van der Waals surface area contributed by atoms with Crippen LogP contribution in [0.3, 0.4) is 0 Å². The highest BCUT2D eigenvalue weighted by Crippen LogP contribution is 2.40. The van der Waals surface area contributed by atoms with Crippen molar-refractivity contribution in [3.8, 4) is 0 Å². The number of hydrogen-bond acceptors (Lipinski definition) is 1. The van der Waals surface area contributed by atoms with Crippen LogP contribution in [0.15, 0.2) is 72.3 Å². The molecular formula is C22H18N2S. The SMILES string of the molecule is S=C1NC2=C(CCc3ccccc32)C(c2cccc3ccccc23)N1. The summed E-state index contributed by atoms with van der Waals surface area (Å²) in [6.07, 6.45) is 2.12. The van der Waals surface area contributed by atoms with Crippen molar-refractivity contribution in [3.63, 3.8) is 0 Å². The van der Waals surface area contributed by atoms with E-state index in [1.54, 1.807) is 0 Å². The minimum Gasteiger partial charge on any atom is -0.352 e. The molecule has 0 saturated carbocycles. The highest BCUT2D eigenvalue weighted by atomic mass is 32.1. The molecule has 122 valence electrons. The average molecular weight is 342 g/mol. The van der Waals surface area contributed by atoms with Crippen molar-refractivity contribution in [2.75, 3.05) is 0 Å². The maximum atomic E-state index is 5.55. The fourth-order valence-corrected chi connectivity index (χ4v) is 4.34. The Labute approximate surface area is 152 Å². The van der Waals surface area contributed by atoms with Gasteiger partial charge in [0, 0.05) is 11.3 Å². The number of nitrogens with one attached hydrogen (secondary N) is 2. The van der Waals surface area contributed by atoms with Gasteiger partial charge in [-0.1, -0.05) is 66.7 Å². The quantitative estimate of drug-likeness (QED) is 0.626. The predicted octanol–water partition coefficient (Wildman–Crippen LogP) is 4.72. The third-order valence-corrected chi connectivity index (χ3v) is 5.49. The molecule has 0 radical (unpaired) electrons. The molecule has 0 amide bonds. The first kappa shape index (κ1) is 14.7. The van der Waals surface area contributed by atoms with Gasteiger partial charge in [-0.3, -0.25) is 0 Å². The second-order valence-corrected chi connectivity index (χ2v) is 7.07. The summed E-state index contributed by atoms with van der Waals surface area (Å²) < 4.78 is 0. The summed E-state index contributed by atoms with van der Waals surface area (Å²) in [6, 6.07) is 23.9. The van der Waals surface area contributed by atoms with Crippen molar-refractivity contribution in [2.24, 2.45) is 0 Å². The first-order chi connectivity index (χ1) is 12.3. The van der Waals surface area contributed by atoms with E-state index in [1.807, 2.05) is 0 Å². The van der Waals surface area contributed by atoms with E-state index in [9.17, 15) is 0 Å². The van der Waals surface area contributed by atoms with Crippen LogP contribution in [-0.4, -0.2) is 5.11 Å². The zero-order valence-electron chi connectivity index (χ0n) is 13.8. The minimum absolute atomic E-state index is 0.128. The first-order valence-corrected chi connectivity index (χ1v) is 9.08. The smallest absolute Gasteiger partial charge is 0.171 e. The molecule has 25 heavy (non-hydrogen) atoms. The van der Waals surface area contributed by atoms with Crippen LogP contribution < -0.4 is 10.6 Å². The van der Waals surface area contributed by atoms with Gasteiger partial charge in [0.15, 0.2) is 5.11 Å². The van der Waals surface area contributed by atoms with Crippen LogP contribution in [0, 0.1) is 0 Å². The Hall–Kier alpha value is -2.65. The molecule has 3 aromatic rings. The molecule has 5 rings (SSSR count). The number of aryl methyl sites for hydroxylation is 1. The van der Waals surface area contributed by atoms with Crippen LogP contribution in [0.2, 0.25) is 0 Å². The Kier molecular flexibility index (Phi) is 3.35. The Morgan fingerprint density at radius 3 is 2.60 bits per heavy atom. The molecule has 2 aliphatic rings. The molecule has 0 bridgehead atoms. The molecule has 1 atom stereocenters. The van der Waals surface area contributed by atoms with Crippen molar-refractivity contribution in [3.05, 3.63) is 89.0 Å². The molecule has 1 aliphatic heterocycles. The van der Waals surface area contributed by atoms with Crippen LogP contribution in [0.1, 0.15) is 29.2 Å². The van der Waals surface area contributed by atoms with Gasteiger partial charge in [-0.2, -0.15) is 0 Å². The lowest BCUT2D eigenvalue weighted by Gasteiger charge is -2.36. The molecule has 0 saturated heterocycles. The normalized spacial score (nSPS) is 19.0. The molecule has 0 aromatic heterocycles. The average Bonchev–Trinajstić information content (AvgIpc) is 2.67. The number of rotatable bonds is 1. The summed E-state index contributed by atoms with van der Waals surface area (Å²) in [5.74, 6) is 0. The molecule has 2 nitrogen and oxygen atoms in total. The van der Waals surface area contributed by atoms with Crippen molar-refractivity contribution in [1.82, 2.24) is 10.6 Å². The van der Waals surface area contributed by atoms with E-state index < -0.39 is 0 Å². The number of hydrogen-bond donors (Lipinski definition) is 2. The molecular weight excluding hydrogens is 324 g/mol. The Balaban J connectivity index is 1.73. The maximum absolute atomic E-state index is 5.55. The van der Waals surface area contributed by atoms with Crippen molar-refractivity contribution in [1.29, 1.82) is 0 Å². The zero-order chi connectivity index (χ0) is 16.8. The first-order valence-electron chi connectivity index (χ1n) is 8.68. The van der Waals surface area contributed by atoms with Gasteiger partial charge in [0.1, 0.15) is 0 Å². The Bertz CT molecular complexity index is 1030. The van der Waals surface area contributed by atoms with Crippen LogP contribution in [0.4, 0.5) is 0 Å². The molecule has 3 heteroatoms. The Morgan fingerprint density at radius 1 is 0.840 bits per heavy atom. The third-order valence-electron chi connectivity index (χ3n) is 5.27. The van der Waals surface area contributed by atoms with Crippen LogP contribution >= 0.6 is 12.2 Å². The minimum atomic E-state index is 0.128.